The maximum absolute atomic E-state index is 9.60. The van der Waals surface area contributed by atoms with E-state index in [0.717, 1.165) is 0 Å². The number of unbranched alkanes of at least 4 members (excludes halogenated alkanes) is 1. The Balaban J connectivity index is -0.0000000994. The van der Waals surface area contributed by atoms with Gasteiger partial charge in [0, 0.05) is 16.7 Å². The monoisotopic (exact) mass is 316 g/mol. The van der Waals surface area contributed by atoms with Crippen LogP contribution in [0.2, 0.25) is 0 Å². The fourth-order valence-corrected chi connectivity index (χ4v) is 0. The van der Waals surface area contributed by atoms with Crippen molar-refractivity contribution in [1.29, 1.82) is 0 Å². The third kappa shape index (κ3) is 43.1. The molecule has 0 aromatic heterocycles. The molecule has 0 unspecified atom stereocenters. The van der Waals surface area contributed by atoms with Gasteiger partial charge in [0.1, 0.15) is 0 Å². The summed E-state index contributed by atoms with van der Waals surface area (Å²) >= 11 is 0. The van der Waals surface area contributed by atoms with Crippen molar-refractivity contribution >= 4 is 17.9 Å². The highest BCUT2D eigenvalue weighted by Crippen LogP contribution is 1.82. The molecular weight excluding hydrogens is 288 g/mol. The first-order valence-electron chi connectivity index (χ1n) is 6.51. The average Bonchev–Trinajstić information content (AvgIpc) is 2.39. The Hall–Kier alpha value is -2.37. The highest BCUT2D eigenvalue weighted by molar-refractivity contribution is 5.85. The van der Waals surface area contributed by atoms with Gasteiger partial charge in [0.2, 0.25) is 0 Å². The Bertz CT molecular complexity index is 298. The van der Waals surface area contributed by atoms with Crippen LogP contribution in [0.4, 0.5) is 0 Å². The number of carboxylic acids is 3. The minimum atomic E-state index is -0.935. The summed E-state index contributed by atoms with van der Waals surface area (Å²) in [6, 6.07) is 0. The normalized spacial score (nSPS) is 7.50. The predicted octanol–water partition coefficient (Wildman–Crippen LogP) is 3.75. The standard InChI is InChI=1S/3C4H6O2.C4H10/c3*1-3(2)4(5)6;1-3-4-2/h3*1H2,2H3,(H,5,6);3-4H2,1-2H3. The maximum atomic E-state index is 9.60. The number of aliphatic carboxylic acids is 3. The topological polar surface area (TPSA) is 112 Å². The van der Waals surface area contributed by atoms with E-state index < -0.39 is 17.9 Å². The van der Waals surface area contributed by atoms with Crippen LogP contribution in [0.15, 0.2) is 36.5 Å². The molecule has 0 aromatic rings. The lowest BCUT2D eigenvalue weighted by Crippen LogP contribution is -1.92. The third-order valence-electron chi connectivity index (χ3n) is 1.60. The first-order valence-corrected chi connectivity index (χ1v) is 6.51. The van der Waals surface area contributed by atoms with Crippen molar-refractivity contribution in [2.75, 3.05) is 0 Å². The van der Waals surface area contributed by atoms with Crippen molar-refractivity contribution in [3.8, 4) is 0 Å². The van der Waals surface area contributed by atoms with E-state index in [2.05, 4.69) is 33.6 Å². The van der Waals surface area contributed by atoms with Gasteiger partial charge in [-0.25, -0.2) is 14.4 Å². The summed E-state index contributed by atoms with van der Waals surface area (Å²) in [4.78, 5) is 28.8. The molecule has 0 aromatic carbocycles. The van der Waals surface area contributed by atoms with Gasteiger partial charge >= 0.3 is 17.9 Å². The molecule has 0 saturated carbocycles. The number of carboxylic acid groups (broad SMARTS) is 3. The van der Waals surface area contributed by atoms with Crippen LogP contribution in [-0.4, -0.2) is 33.2 Å². The summed E-state index contributed by atoms with van der Waals surface area (Å²) < 4.78 is 0. The lowest BCUT2D eigenvalue weighted by atomic mass is 10.4. The number of hydrogen-bond acceptors (Lipinski definition) is 3. The molecule has 0 rings (SSSR count). The van der Waals surface area contributed by atoms with Gasteiger partial charge in [-0.3, -0.25) is 0 Å². The van der Waals surface area contributed by atoms with Crippen LogP contribution < -0.4 is 0 Å². The largest absolute Gasteiger partial charge is 0.478 e. The molecule has 3 N–H and O–H groups in total. The zero-order valence-corrected chi connectivity index (χ0v) is 14.1. The first-order chi connectivity index (χ1) is 9.84. The smallest absolute Gasteiger partial charge is 0.330 e. The van der Waals surface area contributed by atoms with Crippen molar-refractivity contribution in [2.45, 2.75) is 47.5 Å². The first kappa shape index (κ1) is 27.9. The van der Waals surface area contributed by atoms with Gasteiger partial charge in [-0.2, -0.15) is 0 Å². The minimum Gasteiger partial charge on any atom is -0.478 e. The second kappa shape index (κ2) is 18.6. The second-order valence-electron chi connectivity index (χ2n) is 4.26. The van der Waals surface area contributed by atoms with Crippen molar-refractivity contribution in [1.82, 2.24) is 0 Å². The fourth-order valence-electron chi connectivity index (χ4n) is 0. The Labute approximate surface area is 132 Å². The van der Waals surface area contributed by atoms with Crippen LogP contribution in [-0.2, 0) is 14.4 Å². The molecule has 128 valence electrons. The number of rotatable bonds is 4. The number of carbonyl (C=O) groups is 3. The summed E-state index contributed by atoms with van der Waals surface area (Å²) in [6.07, 6.45) is 2.64. The van der Waals surface area contributed by atoms with Gasteiger partial charge < -0.3 is 15.3 Å². The van der Waals surface area contributed by atoms with E-state index in [-0.39, 0.29) is 16.7 Å². The van der Waals surface area contributed by atoms with Crippen molar-refractivity contribution in [3.05, 3.63) is 36.5 Å². The van der Waals surface area contributed by atoms with E-state index in [1.807, 2.05) is 0 Å². The Morgan fingerprint density at radius 3 is 0.727 bits per heavy atom. The Morgan fingerprint density at radius 2 is 0.727 bits per heavy atom. The van der Waals surface area contributed by atoms with E-state index in [1.165, 1.54) is 33.6 Å². The number of hydrogen-bond donors (Lipinski definition) is 3. The molecule has 6 nitrogen and oxygen atoms in total. The van der Waals surface area contributed by atoms with E-state index in [4.69, 9.17) is 15.3 Å². The van der Waals surface area contributed by atoms with Crippen LogP contribution in [0.5, 0.6) is 0 Å². The lowest BCUT2D eigenvalue weighted by Gasteiger charge is -1.79. The van der Waals surface area contributed by atoms with Gasteiger partial charge in [0.25, 0.3) is 0 Å². The summed E-state index contributed by atoms with van der Waals surface area (Å²) in [7, 11) is 0. The van der Waals surface area contributed by atoms with Crippen LogP contribution in [0.3, 0.4) is 0 Å². The molecule has 0 aliphatic carbocycles. The Morgan fingerprint density at radius 1 is 0.636 bits per heavy atom. The van der Waals surface area contributed by atoms with Gasteiger partial charge in [0.15, 0.2) is 0 Å². The molecule has 0 aliphatic heterocycles. The molecule has 0 fully saturated rings. The highest BCUT2D eigenvalue weighted by atomic mass is 16.4. The van der Waals surface area contributed by atoms with Crippen molar-refractivity contribution in [2.24, 2.45) is 0 Å². The molecule has 0 aliphatic rings. The molecule has 0 atom stereocenters. The SMILES string of the molecule is C=C(C)C(=O)O.C=C(C)C(=O)O.C=C(C)C(=O)O.CCCC. The fraction of sp³-hybridized carbons (Fsp3) is 0.438. The van der Waals surface area contributed by atoms with E-state index in [1.54, 1.807) is 0 Å². The molecule has 0 bridgehead atoms. The third-order valence-corrected chi connectivity index (χ3v) is 1.60. The molecule has 0 spiro atoms. The molecule has 0 heterocycles. The van der Waals surface area contributed by atoms with E-state index in [0.29, 0.717) is 0 Å². The maximum Gasteiger partial charge on any atom is 0.330 e. The summed E-state index contributed by atoms with van der Waals surface area (Å²) in [5, 5.41) is 23.7. The lowest BCUT2D eigenvalue weighted by molar-refractivity contribution is -0.133. The average molecular weight is 316 g/mol. The van der Waals surface area contributed by atoms with Gasteiger partial charge in [-0.1, -0.05) is 46.4 Å². The van der Waals surface area contributed by atoms with Crippen LogP contribution in [0.1, 0.15) is 47.5 Å². The summed E-state index contributed by atoms with van der Waals surface area (Å²) in [6.45, 7) is 18.2. The Kier molecular flexibility index (Phi) is 23.6. The van der Waals surface area contributed by atoms with Crippen LogP contribution in [0, 0.1) is 0 Å². The van der Waals surface area contributed by atoms with Gasteiger partial charge in [-0.05, 0) is 20.8 Å². The molecule has 0 radical (unpaired) electrons. The highest BCUT2D eigenvalue weighted by Gasteiger charge is 1.91. The van der Waals surface area contributed by atoms with Crippen molar-refractivity contribution < 1.29 is 29.7 Å². The zero-order valence-electron chi connectivity index (χ0n) is 14.1. The molecular formula is C16H28O6. The molecule has 22 heavy (non-hydrogen) atoms. The second-order valence-corrected chi connectivity index (χ2v) is 4.26. The van der Waals surface area contributed by atoms with Gasteiger partial charge in [0.05, 0.1) is 0 Å². The predicted molar refractivity (Wildman–Crippen MR) is 87.9 cm³/mol. The van der Waals surface area contributed by atoms with Crippen LogP contribution >= 0.6 is 0 Å². The van der Waals surface area contributed by atoms with Crippen LogP contribution in [0.25, 0.3) is 0 Å². The van der Waals surface area contributed by atoms with E-state index >= 15 is 0 Å². The molecule has 0 amide bonds. The summed E-state index contributed by atoms with van der Waals surface area (Å²) in [5.74, 6) is -2.81. The quantitative estimate of drug-likeness (QED) is 0.681. The van der Waals surface area contributed by atoms with E-state index in [9.17, 15) is 14.4 Å². The zero-order chi connectivity index (χ0) is 18.9. The van der Waals surface area contributed by atoms with Crippen molar-refractivity contribution in [3.63, 3.8) is 0 Å². The van der Waals surface area contributed by atoms with Gasteiger partial charge in [-0.15, -0.1) is 0 Å². The summed E-state index contributed by atoms with van der Waals surface area (Å²) in [5.41, 5.74) is 0.528. The molecule has 0 saturated heterocycles. The molecule has 6 heteroatoms. The minimum absolute atomic E-state index is 0.176.